The first-order valence-electron chi connectivity index (χ1n) is 11.0. The maximum absolute atomic E-state index is 13.4. The Morgan fingerprint density at radius 2 is 1.82 bits per heavy atom. The van der Waals surface area contributed by atoms with Crippen LogP contribution in [-0.2, 0) is 17.8 Å². The van der Waals surface area contributed by atoms with Gasteiger partial charge < -0.3 is 15.7 Å². The molecule has 1 aliphatic rings. The number of benzene rings is 2. The molecule has 0 aliphatic carbocycles. The van der Waals surface area contributed by atoms with Gasteiger partial charge in [-0.15, -0.1) is 0 Å². The van der Waals surface area contributed by atoms with E-state index in [4.69, 9.17) is 10.1 Å². The Labute approximate surface area is 191 Å². The Bertz CT molecular complexity index is 1210. The molecule has 1 aliphatic heterocycles. The maximum atomic E-state index is 13.4. The fourth-order valence-electron chi connectivity index (χ4n) is 4.06. The molecule has 0 saturated carbocycles. The smallest absolute Gasteiger partial charge is 0.305 e. The number of carbonyl (C=O) groups excluding carboxylic acids is 2. The average molecular weight is 447 g/mol. The molecule has 0 spiro atoms. The quantitative estimate of drug-likeness (QED) is 0.514. The number of aliphatic carboxylic acids is 1. The Balaban J connectivity index is 1.57. The summed E-state index contributed by atoms with van der Waals surface area (Å²) in [6.45, 7) is 4.68. The van der Waals surface area contributed by atoms with Crippen LogP contribution < -0.4 is 10.6 Å². The number of amides is 2. The number of carboxylic acids is 1. The highest BCUT2D eigenvalue weighted by atomic mass is 16.4. The predicted molar refractivity (Wildman–Crippen MR) is 125 cm³/mol. The fraction of sp³-hybridized carbons (Fsp3) is 0.280. The van der Waals surface area contributed by atoms with Crippen molar-refractivity contribution in [2.45, 2.75) is 26.3 Å². The highest BCUT2D eigenvalue weighted by molar-refractivity contribution is 6.13. The minimum atomic E-state index is -0.971. The number of anilines is 1. The lowest BCUT2D eigenvalue weighted by Gasteiger charge is -2.29. The third kappa shape index (κ3) is 5.01. The summed E-state index contributed by atoms with van der Waals surface area (Å²) in [5.74, 6) is -1.54. The number of carboxylic acid groups (broad SMARTS) is 1. The number of fused-ring (bicyclic) bond motifs is 2. The second kappa shape index (κ2) is 9.79. The van der Waals surface area contributed by atoms with Crippen molar-refractivity contribution in [3.8, 4) is 0 Å². The van der Waals surface area contributed by atoms with Crippen LogP contribution in [0.4, 0.5) is 5.69 Å². The first kappa shape index (κ1) is 22.4. The molecule has 0 radical (unpaired) electrons. The van der Waals surface area contributed by atoms with Crippen molar-refractivity contribution < 1.29 is 19.5 Å². The van der Waals surface area contributed by atoms with E-state index in [1.165, 1.54) is 0 Å². The number of carbonyl (C=O) groups is 3. The predicted octanol–water partition coefficient (Wildman–Crippen LogP) is 3.07. The van der Waals surface area contributed by atoms with Gasteiger partial charge in [-0.2, -0.15) is 0 Å². The van der Waals surface area contributed by atoms with Gasteiger partial charge in [-0.3, -0.25) is 24.3 Å². The zero-order valence-corrected chi connectivity index (χ0v) is 18.4. The first-order chi connectivity index (χ1) is 16.0. The molecule has 0 saturated heterocycles. The first-order valence-corrected chi connectivity index (χ1v) is 11.0. The molecule has 1 aromatic heterocycles. The highest BCUT2D eigenvalue weighted by Gasteiger charge is 2.25. The molecule has 0 bridgehead atoms. The summed E-state index contributed by atoms with van der Waals surface area (Å²) in [5.41, 5.74) is 4.35. The van der Waals surface area contributed by atoms with E-state index in [9.17, 15) is 14.4 Å². The monoisotopic (exact) mass is 446 g/mol. The van der Waals surface area contributed by atoms with Crippen molar-refractivity contribution in [2.75, 3.05) is 25.0 Å². The molecular weight excluding hydrogens is 420 g/mol. The molecule has 2 amide bonds. The summed E-state index contributed by atoms with van der Waals surface area (Å²) >= 11 is 0. The van der Waals surface area contributed by atoms with E-state index in [2.05, 4.69) is 22.5 Å². The van der Waals surface area contributed by atoms with Crippen LogP contribution in [0.1, 0.15) is 45.3 Å². The molecule has 3 N–H and O–H groups in total. The number of hydrogen-bond donors (Lipinski definition) is 3. The average Bonchev–Trinajstić information content (AvgIpc) is 2.82. The summed E-state index contributed by atoms with van der Waals surface area (Å²) in [6.07, 6.45) is 0.666. The maximum Gasteiger partial charge on any atom is 0.305 e. The van der Waals surface area contributed by atoms with Crippen molar-refractivity contribution >= 4 is 34.4 Å². The standard InChI is InChI=1S/C25H26N4O4/c1-2-29-14-12-21-19(15-29)23(18-5-3-4-6-20(18)28-21)25(33)27-17-9-7-16(8-10-17)24(32)26-13-11-22(30)31/h3-10H,2,11-15H2,1H3,(H,26,32)(H,27,33)(H,30,31). The topological polar surface area (TPSA) is 112 Å². The zero-order chi connectivity index (χ0) is 23.4. The van der Waals surface area contributed by atoms with Crippen LogP contribution in [0.5, 0.6) is 0 Å². The van der Waals surface area contributed by atoms with E-state index >= 15 is 0 Å². The Morgan fingerprint density at radius 1 is 1.06 bits per heavy atom. The second-order valence-corrected chi connectivity index (χ2v) is 7.98. The van der Waals surface area contributed by atoms with Crippen LogP contribution in [0.2, 0.25) is 0 Å². The van der Waals surface area contributed by atoms with E-state index in [0.29, 0.717) is 23.4 Å². The lowest BCUT2D eigenvalue weighted by molar-refractivity contribution is -0.136. The molecule has 33 heavy (non-hydrogen) atoms. The summed E-state index contributed by atoms with van der Waals surface area (Å²) in [7, 11) is 0. The largest absolute Gasteiger partial charge is 0.481 e. The van der Waals surface area contributed by atoms with Gasteiger partial charge in [0.1, 0.15) is 0 Å². The van der Waals surface area contributed by atoms with Gasteiger partial charge in [-0.25, -0.2) is 0 Å². The van der Waals surface area contributed by atoms with Gasteiger partial charge in [0, 0.05) is 53.9 Å². The SMILES string of the molecule is CCN1CCc2nc3ccccc3c(C(=O)Nc3ccc(C(=O)NCCC(=O)O)cc3)c2C1. The summed E-state index contributed by atoms with van der Waals surface area (Å²) < 4.78 is 0. The number of nitrogens with zero attached hydrogens (tertiary/aromatic N) is 2. The van der Waals surface area contributed by atoms with Crippen LogP contribution in [-0.4, -0.2) is 52.4 Å². The van der Waals surface area contributed by atoms with Crippen LogP contribution in [0.15, 0.2) is 48.5 Å². The van der Waals surface area contributed by atoms with Gasteiger partial charge in [-0.05, 0) is 36.9 Å². The van der Waals surface area contributed by atoms with E-state index in [1.807, 2.05) is 24.3 Å². The number of para-hydroxylation sites is 1. The second-order valence-electron chi connectivity index (χ2n) is 7.98. The van der Waals surface area contributed by atoms with E-state index in [0.717, 1.165) is 41.7 Å². The van der Waals surface area contributed by atoms with Gasteiger partial charge in [0.15, 0.2) is 0 Å². The number of likely N-dealkylation sites (N-methyl/N-ethyl adjacent to an activating group) is 1. The van der Waals surface area contributed by atoms with Gasteiger partial charge >= 0.3 is 5.97 Å². The molecule has 170 valence electrons. The molecule has 2 heterocycles. The number of aromatic nitrogens is 1. The van der Waals surface area contributed by atoms with Crippen molar-refractivity contribution in [3.63, 3.8) is 0 Å². The number of nitrogens with one attached hydrogen (secondary N) is 2. The van der Waals surface area contributed by atoms with Crippen molar-refractivity contribution in [3.05, 3.63) is 70.9 Å². The van der Waals surface area contributed by atoms with Gasteiger partial charge in [0.25, 0.3) is 11.8 Å². The van der Waals surface area contributed by atoms with Crippen LogP contribution in [0, 0.1) is 0 Å². The van der Waals surface area contributed by atoms with Crippen molar-refractivity contribution in [1.29, 1.82) is 0 Å². The van der Waals surface area contributed by atoms with E-state index in [1.54, 1.807) is 24.3 Å². The number of rotatable bonds is 7. The summed E-state index contributed by atoms with van der Waals surface area (Å²) in [5, 5.41) is 15.0. The zero-order valence-electron chi connectivity index (χ0n) is 18.4. The summed E-state index contributed by atoms with van der Waals surface area (Å²) in [6, 6.07) is 14.2. The molecule has 4 rings (SSSR count). The van der Waals surface area contributed by atoms with Crippen LogP contribution in [0.25, 0.3) is 10.9 Å². The Kier molecular flexibility index (Phi) is 6.65. The lowest BCUT2D eigenvalue weighted by Crippen LogP contribution is -2.33. The minimum absolute atomic E-state index is 0.0572. The van der Waals surface area contributed by atoms with Gasteiger partial charge in [-0.1, -0.05) is 25.1 Å². The lowest BCUT2D eigenvalue weighted by atomic mass is 9.95. The van der Waals surface area contributed by atoms with Crippen LogP contribution in [0.3, 0.4) is 0 Å². The molecule has 2 aromatic carbocycles. The van der Waals surface area contributed by atoms with E-state index in [-0.39, 0.29) is 24.8 Å². The Morgan fingerprint density at radius 3 is 2.55 bits per heavy atom. The highest BCUT2D eigenvalue weighted by Crippen LogP contribution is 2.29. The molecule has 0 atom stereocenters. The fourth-order valence-corrected chi connectivity index (χ4v) is 4.06. The molecular formula is C25H26N4O4. The van der Waals surface area contributed by atoms with Crippen molar-refractivity contribution in [1.82, 2.24) is 15.2 Å². The van der Waals surface area contributed by atoms with Crippen molar-refractivity contribution in [2.24, 2.45) is 0 Å². The van der Waals surface area contributed by atoms with Gasteiger partial charge in [0.2, 0.25) is 0 Å². The number of pyridine rings is 1. The summed E-state index contributed by atoms with van der Waals surface area (Å²) in [4.78, 5) is 43.3. The third-order valence-electron chi connectivity index (χ3n) is 5.83. The number of hydrogen-bond acceptors (Lipinski definition) is 5. The molecule has 3 aromatic rings. The minimum Gasteiger partial charge on any atom is -0.481 e. The molecule has 0 unspecified atom stereocenters. The van der Waals surface area contributed by atoms with Crippen LogP contribution >= 0.6 is 0 Å². The molecule has 8 nitrogen and oxygen atoms in total. The Hall–Kier alpha value is -3.78. The molecule has 0 fully saturated rings. The van der Waals surface area contributed by atoms with Gasteiger partial charge in [0.05, 0.1) is 17.5 Å². The van der Waals surface area contributed by atoms with E-state index < -0.39 is 5.97 Å². The molecule has 8 heteroatoms. The normalized spacial score (nSPS) is 13.4. The third-order valence-corrected chi connectivity index (χ3v) is 5.83.